The highest BCUT2D eigenvalue weighted by Gasteiger charge is 2.48. The van der Waals surface area contributed by atoms with Gasteiger partial charge in [0.05, 0.1) is 10.4 Å². The number of hydrogen-bond donors (Lipinski definition) is 1. The molecule has 1 fully saturated rings. The molecule has 1 aromatic rings. The van der Waals surface area contributed by atoms with E-state index >= 15 is 0 Å². The van der Waals surface area contributed by atoms with Gasteiger partial charge in [-0.2, -0.15) is 0 Å². The molecule has 0 spiro atoms. The first kappa shape index (κ1) is 13.5. The zero-order valence-electron chi connectivity index (χ0n) is 10.9. The van der Waals surface area contributed by atoms with Gasteiger partial charge in [0.15, 0.2) is 0 Å². The molecule has 96 valence electrons. The van der Waals surface area contributed by atoms with Crippen molar-refractivity contribution in [3.8, 4) is 0 Å². The molecule has 4 heteroatoms. The molecule has 0 radical (unpaired) electrons. The van der Waals surface area contributed by atoms with Crippen LogP contribution < -0.4 is 0 Å². The zero-order chi connectivity index (χ0) is 12.9. The average molecular weight is 318 g/mol. The first-order valence-corrected chi connectivity index (χ1v) is 7.63. The Kier molecular flexibility index (Phi) is 3.21. The summed E-state index contributed by atoms with van der Waals surface area (Å²) in [5.41, 5.74) is 1.40. The van der Waals surface area contributed by atoms with Crippen molar-refractivity contribution in [2.75, 3.05) is 0 Å². The minimum absolute atomic E-state index is 0.167. The van der Waals surface area contributed by atoms with Gasteiger partial charge >= 0.3 is 0 Å². The van der Waals surface area contributed by atoms with Crippen LogP contribution in [0.1, 0.15) is 51.8 Å². The molecule has 0 bridgehead atoms. The summed E-state index contributed by atoms with van der Waals surface area (Å²) in [4.78, 5) is 5.19. The van der Waals surface area contributed by atoms with Gasteiger partial charge in [-0.25, -0.2) is 4.98 Å². The molecule has 17 heavy (non-hydrogen) atoms. The molecule has 0 saturated heterocycles. The van der Waals surface area contributed by atoms with Gasteiger partial charge in [-0.05, 0) is 46.0 Å². The summed E-state index contributed by atoms with van der Waals surface area (Å²) in [7, 11) is 0. The minimum atomic E-state index is -0.731. The lowest BCUT2D eigenvalue weighted by atomic mass is 9.59. The van der Waals surface area contributed by atoms with Gasteiger partial charge in [0.25, 0.3) is 0 Å². The van der Waals surface area contributed by atoms with Crippen LogP contribution in [0.15, 0.2) is 10.1 Å². The molecule has 1 heterocycles. The Labute approximate surface area is 116 Å². The third-order valence-corrected chi connectivity index (χ3v) is 5.33. The highest BCUT2D eigenvalue weighted by Crippen LogP contribution is 2.55. The fraction of sp³-hybridized carbons (Fsp3) is 0.769. The molecule has 1 saturated carbocycles. The number of aliphatic hydroxyl groups is 1. The van der Waals surface area contributed by atoms with Crippen molar-refractivity contribution >= 4 is 27.3 Å². The van der Waals surface area contributed by atoms with Crippen LogP contribution in [0.5, 0.6) is 0 Å². The van der Waals surface area contributed by atoms with E-state index in [1.165, 1.54) is 0 Å². The number of thiazole rings is 1. The van der Waals surface area contributed by atoms with Crippen LogP contribution in [-0.2, 0) is 5.60 Å². The quantitative estimate of drug-likeness (QED) is 0.836. The molecule has 0 unspecified atom stereocenters. The van der Waals surface area contributed by atoms with Crippen LogP contribution in [0.3, 0.4) is 0 Å². The lowest BCUT2D eigenvalue weighted by Gasteiger charge is -2.49. The van der Waals surface area contributed by atoms with Gasteiger partial charge in [0.2, 0.25) is 0 Å². The number of halogens is 1. The Morgan fingerprint density at radius 2 is 1.71 bits per heavy atom. The summed E-state index contributed by atoms with van der Waals surface area (Å²) in [5.74, 6) is 0. The van der Waals surface area contributed by atoms with Gasteiger partial charge in [0, 0.05) is 0 Å². The Balaban J connectivity index is 2.41. The first-order chi connectivity index (χ1) is 7.64. The van der Waals surface area contributed by atoms with E-state index in [9.17, 15) is 5.11 Å². The van der Waals surface area contributed by atoms with Crippen LogP contribution in [0, 0.1) is 10.8 Å². The van der Waals surface area contributed by atoms with Crippen LogP contribution in [0.25, 0.3) is 0 Å². The molecule has 1 N–H and O–H groups in total. The third kappa shape index (κ3) is 2.74. The topological polar surface area (TPSA) is 33.1 Å². The van der Waals surface area contributed by atoms with E-state index in [-0.39, 0.29) is 10.8 Å². The second kappa shape index (κ2) is 4.04. The summed E-state index contributed by atoms with van der Waals surface area (Å²) in [6, 6.07) is 0. The summed E-state index contributed by atoms with van der Waals surface area (Å²) in [6.07, 6.45) is 2.77. The Hall–Kier alpha value is 0.0700. The Bertz CT molecular complexity index is 409. The maximum Gasteiger partial charge on any atom is 0.123 e. The highest BCUT2D eigenvalue weighted by atomic mass is 79.9. The molecule has 0 atom stereocenters. The van der Waals surface area contributed by atoms with Crippen LogP contribution in [-0.4, -0.2) is 10.1 Å². The molecule has 1 aliphatic rings. The molecule has 1 aliphatic carbocycles. The van der Waals surface area contributed by atoms with Gasteiger partial charge in [-0.1, -0.05) is 27.7 Å². The summed E-state index contributed by atoms with van der Waals surface area (Å²) >= 11 is 5.00. The van der Waals surface area contributed by atoms with Crippen molar-refractivity contribution in [3.63, 3.8) is 0 Å². The van der Waals surface area contributed by atoms with Gasteiger partial charge in [0.1, 0.15) is 10.2 Å². The highest BCUT2D eigenvalue weighted by molar-refractivity contribution is 9.10. The second-order valence-corrected chi connectivity index (χ2v) is 8.47. The predicted octanol–water partition coefficient (Wildman–Crippen LogP) is 4.33. The lowest BCUT2D eigenvalue weighted by molar-refractivity contribution is -0.0894. The molecule has 0 amide bonds. The molecule has 2 nitrogen and oxygen atoms in total. The van der Waals surface area contributed by atoms with E-state index in [2.05, 4.69) is 48.6 Å². The molecular formula is C13H20BrNOS. The van der Waals surface area contributed by atoms with Crippen LogP contribution in [0.2, 0.25) is 0 Å². The Morgan fingerprint density at radius 1 is 1.18 bits per heavy atom. The van der Waals surface area contributed by atoms with Crippen LogP contribution in [0.4, 0.5) is 0 Å². The van der Waals surface area contributed by atoms with Crippen molar-refractivity contribution in [1.82, 2.24) is 4.98 Å². The monoisotopic (exact) mass is 317 g/mol. The molecule has 0 aliphatic heterocycles. The summed E-state index contributed by atoms with van der Waals surface area (Å²) in [5, 5.41) is 11.0. The minimum Gasteiger partial charge on any atom is -0.384 e. The van der Waals surface area contributed by atoms with Crippen molar-refractivity contribution in [2.24, 2.45) is 10.8 Å². The maximum atomic E-state index is 11.0. The largest absolute Gasteiger partial charge is 0.384 e. The fourth-order valence-corrected chi connectivity index (χ4v) is 5.43. The van der Waals surface area contributed by atoms with Gasteiger partial charge in [-0.15, -0.1) is 11.3 Å². The maximum absolute atomic E-state index is 11.0. The molecule has 2 rings (SSSR count). The van der Waals surface area contributed by atoms with E-state index in [1.807, 2.05) is 0 Å². The SMILES string of the molecule is CC1(C)CC(C)(C)CC(O)(c2scnc2Br)C1. The number of rotatable bonds is 1. The second-order valence-electron chi connectivity index (χ2n) is 6.86. The summed E-state index contributed by atoms with van der Waals surface area (Å²) in [6.45, 7) is 8.98. The third-order valence-electron chi connectivity index (χ3n) is 3.45. The van der Waals surface area contributed by atoms with E-state index in [1.54, 1.807) is 16.8 Å². The van der Waals surface area contributed by atoms with Gasteiger partial charge < -0.3 is 5.11 Å². The van der Waals surface area contributed by atoms with E-state index in [0.717, 1.165) is 28.7 Å². The van der Waals surface area contributed by atoms with Crippen molar-refractivity contribution in [2.45, 2.75) is 52.6 Å². The normalized spacial score (nSPS) is 25.8. The average Bonchev–Trinajstić information content (AvgIpc) is 2.44. The number of aromatic nitrogens is 1. The van der Waals surface area contributed by atoms with E-state index in [0.29, 0.717) is 0 Å². The standard InChI is InChI=1S/C13H20BrNOS/c1-11(2)5-12(3,4)7-13(16,6-11)9-10(14)15-8-17-9/h8,16H,5-7H2,1-4H3. The first-order valence-electron chi connectivity index (χ1n) is 5.96. The smallest absolute Gasteiger partial charge is 0.123 e. The summed E-state index contributed by atoms with van der Waals surface area (Å²) < 4.78 is 0.804. The molecule has 0 aromatic carbocycles. The predicted molar refractivity (Wildman–Crippen MR) is 75.1 cm³/mol. The van der Waals surface area contributed by atoms with E-state index < -0.39 is 5.60 Å². The molecule has 1 aromatic heterocycles. The lowest BCUT2D eigenvalue weighted by Crippen LogP contribution is -2.43. The number of nitrogens with zero attached hydrogens (tertiary/aromatic N) is 1. The zero-order valence-corrected chi connectivity index (χ0v) is 13.3. The van der Waals surface area contributed by atoms with Crippen LogP contribution >= 0.6 is 27.3 Å². The van der Waals surface area contributed by atoms with Crippen molar-refractivity contribution < 1.29 is 5.11 Å². The van der Waals surface area contributed by atoms with Crippen molar-refractivity contribution in [1.29, 1.82) is 0 Å². The van der Waals surface area contributed by atoms with E-state index in [4.69, 9.17) is 0 Å². The molecular weight excluding hydrogens is 298 g/mol. The van der Waals surface area contributed by atoms with Crippen molar-refractivity contribution in [3.05, 3.63) is 15.0 Å². The van der Waals surface area contributed by atoms with Gasteiger partial charge in [-0.3, -0.25) is 0 Å². The fourth-order valence-electron chi connectivity index (χ4n) is 3.76. The Morgan fingerprint density at radius 3 is 2.12 bits per heavy atom. The number of hydrogen-bond acceptors (Lipinski definition) is 3.